The highest BCUT2D eigenvalue weighted by atomic mass is 16.5. The van der Waals surface area contributed by atoms with Crippen molar-refractivity contribution < 1.29 is 19.1 Å². The van der Waals surface area contributed by atoms with E-state index in [1.807, 2.05) is 35.2 Å². The van der Waals surface area contributed by atoms with Crippen LogP contribution >= 0.6 is 0 Å². The monoisotopic (exact) mass is 339 g/mol. The maximum absolute atomic E-state index is 12.6. The number of carbonyl (C=O) groups is 2. The van der Waals surface area contributed by atoms with E-state index in [1.165, 1.54) is 7.11 Å². The summed E-state index contributed by atoms with van der Waals surface area (Å²) in [5.74, 6) is 0.850. The van der Waals surface area contributed by atoms with Crippen LogP contribution in [0.5, 0.6) is 11.5 Å². The first-order chi connectivity index (χ1) is 12.2. The number of nitrogens with zero attached hydrogens (tertiary/aromatic N) is 1. The Morgan fingerprint density at radius 3 is 2.56 bits per heavy atom. The molecule has 5 nitrogen and oxygen atoms in total. The second-order valence-electron chi connectivity index (χ2n) is 6.06. The molecule has 3 rings (SSSR count). The largest absolute Gasteiger partial charge is 0.493 e. The van der Waals surface area contributed by atoms with Gasteiger partial charge in [0.25, 0.3) is 5.91 Å². The fourth-order valence-corrected chi connectivity index (χ4v) is 2.69. The molecule has 2 aromatic carbocycles. The third-order valence-electron chi connectivity index (χ3n) is 4.18. The van der Waals surface area contributed by atoms with Gasteiger partial charge in [-0.25, -0.2) is 0 Å². The Morgan fingerprint density at radius 1 is 1.16 bits per heavy atom. The highest BCUT2D eigenvalue weighted by Crippen LogP contribution is 2.30. The minimum atomic E-state index is -0.0554. The molecule has 0 radical (unpaired) electrons. The van der Waals surface area contributed by atoms with Gasteiger partial charge in [0.2, 0.25) is 0 Å². The topological polar surface area (TPSA) is 55.8 Å². The molecule has 0 aromatic heterocycles. The predicted octanol–water partition coefficient (Wildman–Crippen LogP) is 3.08. The third kappa shape index (κ3) is 4.38. The van der Waals surface area contributed by atoms with Gasteiger partial charge in [0.15, 0.2) is 18.1 Å². The quantitative estimate of drug-likeness (QED) is 0.694. The maximum atomic E-state index is 12.6. The van der Waals surface area contributed by atoms with E-state index in [2.05, 4.69) is 0 Å². The standard InChI is InChI=1S/C20H21NO4/c1-24-19-11-16(13-22)7-10-18(19)25-14-20(23)21(17-8-9-17)12-15-5-3-2-4-6-15/h2-7,10-11,13,17H,8-9,12,14H2,1H3. The van der Waals surface area contributed by atoms with Crippen LogP contribution in [0, 0.1) is 0 Å². The van der Waals surface area contributed by atoms with Gasteiger partial charge in [0.05, 0.1) is 7.11 Å². The number of rotatable bonds is 8. The van der Waals surface area contributed by atoms with Crippen molar-refractivity contribution in [3.63, 3.8) is 0 Å². The van der Waals surface area contributed by atoms with Gasteiger partial charge in [-0.1, -0.05) is 30.3 Å². The molecule has 0 saturated heterocycles. The van der Waals surface area contributed by atoms with Crippen molar-refractivity contribution in [3.8, 4) is 11.5 Å². The number of amides is 1. The number of methoxy groups -OCH3 is 1. The zero-order valence-corrected chi connectivity index (χ0v) is 14.2. The third-order valence-corrected chi connectivity index (χ3v) is 4.18. The molecule has 0 N–H and O–H groups in total. The summed E-state index contributed by atoms with van der Waals surface area (Å²) >= 11 is 0. The van der Waals surface area contributed by atoms with E-state index in [9.17, 15) is 9.59 Å². The molecule has 0 atom stereocenters. The minimum Gasteiger partial charge on any atom is -0.493 e. The summed E-state index contributed by atoms with van der Waals surface area (Å²) in [6.45, 7) is 0.537. The van der Waals surface area contributed by atoms with Crippen LogP contribution in [0.4, 0.5) is 0 Å². The van der Waals surface area contributed by atoms with Crippen molar-refractivity contribution in [2.24, 2.45) is 0 Å². The number of hydrogen-bond donors (Lipinski definition) is 0. The second kappa shape index (κ2) is 7.83. The molecule has 0 aliphatic heterocycles. The lowest BCUT2D eigenvalue weighted by Crippen LogP contribution is -2.36. The van der Waals surface area contributed by atoms with Crippen LogP contribution in [0.25, 0.3) is 0 Å². The molecule has 2 aromatic rings. The average Bonchev–Trinajstić information content (AvgIpc) is 3.50. The molecule has 0 spiro atoms. The van der Waals surface area contributed by atoms with Crippen molar-refractivity contribution in [1.29, 1.82) is 0 Å². The SMILES string of the molecule is COc1cc(C=O)ccc1OCC(=O)N(Cc1ccccc1)C1CC1. The van der Waals surface area contributed by atoms with E-state index in [1.54, 1.807) is 18.2 Å². The number of benzene rings is 2. The van der Waals surface area contributed by atoms with Crippen LogP contribution in [-0.4, -0.2) is 36.9 Å². The van der Waals surface area contributed by atoms with Crippen LogP contribution in [0.15, 0.2) is 48.5 Å². The Morgan fingerprint density at radius 2 is 1.92 bits per heavy atom. The summed E-state index contributed by atoms with van der Waals surface area (Å²) in [6, 6.07) is 15.1. The molecule has 1 amide bonds. The number of aldehydes is 1. The lowest BCUT2D eigenvalue weighted by atomic mass is 10.2. The predicted molar refractivity (Wildman–Crippen MR) is 93.9 cm³/mol. The summed E-state index contributed by atoms with van der Waals surface area (Å²) in [7, 11) is 1.50. The first-order valence-corrected chi connectivity index (χ1v) is 8.30. The van der Waals surface area contributed by atoms with Crippen LogP contribution < -0.4 is 9.47 Å². The molecular weight excluding hydrogens is 318 g/mol. The Kier molecular flexibility index (Phi) is 5.33. The van der Waals surface area contributed by atoms with E-state index < -0.39 is 0 Å². The first kappa shape index (κ1) is 17.0. The lowest BCUT2D eigenvalue weighted by molar-refractivity contribution is -0.134. The summed E-state index contributed by atoms with van der Waals surface area (Å²) in [6.07, 6.45) is 2.82. The molecular formula is C20H21NO4. The van der Waals surface area contributed by atoms with Crippen molar-refractivity contribution >= 4 is 12.2 Å². The Balaban J connectivity index is 1.65. The molecule has 1 aliphatic rings. The van der Waals surface area contributed by atoms with Gasteiger partial charge in [-0.3, -0.25) is 9.59 Å². The van der Waals surface area contributed by atoms with Gasteiger partial charge in [-0.15, -0.1) is 0 Å². The fraction of sp³-hybridized carbons (Fsp3) is 0.300. The molecule has 5 heteroatoms. The van der Waals surface area contributed by atoms with Gasteiger partial charge >= 0.3 is 0 Å². The van der Waals surface area contributed by atoms with Crippen LogP contribution in [0.1, 0.15) is 28.8 Å². The molecule has 1 aliphatic carbocycles. The minimum absolute atomic E-state index is 0.0483. The van der Waals surface area contributed by atoms with Gasteiger partial charge in [0, 0.05) is 18.2 Å². The van der Waals surface area contributed by atoms with Gasteiger partial charge in [-0.2, -0.15) is 0 Å². The van der Waals surface area contributed by atoms with E-state index in [4.69, 9.17) is 9.47 Å². The molecule has 0 heterocycles. The van der Waals surface area contributed by atoms with Crippen LogP contribution in [0.3, 0.4) is 0 Å². The van der Waals surface area contributed by atoms with Gasteiger partial charge in [-0.05, 0) is 36.6 Å². The van der Waals surface area contributed by atoms with Crippen LogP contribution in [-0.2, 0) is 11.3 Å². The summed E-state index contributed by atoms with van der Waals surface area (Å²) < 4.78 is 10.9. The van der Waals surface area contributed by atoms with E-state index in [0.717, 1.165) is 24.7 Å². The normalized spacial score (nSPS) is 13.2. The van der Waals surface area contributed by atoms with Crippen molar-refractivity contribution in [2.75, 3.05) is 13.7 Å². The van der Waals surface area contributed by atoms with E-state index in [-0.39, 0.29) is 12.5 Å². The van der Waals surface area contributed by atoms with Gasteiger partial charge < -0.3 is 14.4 Å². The Bertz CT molecular complexity index is 741. The maximum Gasteiger partial charge on any atom is 0.261 e. The molecule has 0 unspecified atom stereocenters. The summed E-state index contributed by atoms with van der Waals surface area (Å²) in [5, 5.41) is 0. The van der Waals surface area contributed by atoms with E-state index in [0.29, 0.717) is 29.6 Å². The Hall–Kier alpha value is -2.82. The number of ether oxygens (including phenoxy) is 2. The first-order valence-electron chi connectivity index (χ1n) is 8.30. The Labute approximate surface area is 147 Å². The lowest BCUT2D eigenvalue weighted by Gasteiger charge is -2.23. The molecule has 1 fully saturated rings. The molecule has 1 saturated carbocycles. The highest BCUT2D eigenvalue weighted by Gasteiger charge is 2.32. The fourth-order valence-electron chi connectivity index (χ4n) is 2.69. The number of carbonyl (C=O) groups excluding carboxylic acids is 2. The van der Waals surface area contributed by atoms with Gasteiger partial charge in [0.1, 0.15) is 6.29 Å². The molecule has 25 heavy (non-hydrogen) atoms. The summed E-state index contributed by atoms with van der Waals surface area (Å²) in [5.41, 5.74) is 1.61. The highest BCUT2D eigenvalue weighted by molar-refractivity contribution is 5.79. The van der Waals surface area contributed by atoms with Crippen molar-refractivity contribution in [1.82, 2.24) is 4.90 Å². The van der Waals surface area contributed by atoms with E-state index >= 15 is 0 Å². The van der Waals surface area contributed by atoms with Crippen LogP contribution in [0.2, 0.25) is 0 Å². The smallest absolute Gasteiger partial charge is 0.261 e. The average molecular weight is 339 g/mol. The summed E-state index contributed by atoms with van der Waals surface area (Å²) in [4.78, 5) is 25.3. The second-order valence-corrected chi connectivity index (χ2v) is 6.06. The number of hydrogen-bond acceptors (Lipinski definition) is 4. The van der Waals surface area contributed by atoms with Crippen molar-refractivity contribution in [3.05, 3.63) is 59.7 Å². The van der Waals surface area contributed by atoms with Crippen molar-refractivity contribution in [2.45, 2.75) is 25.4 Å². The molecule has 130 valence electrons. The zero-order valence-electron chi connectivity index (χ0n) is 14.2. The molecule has 0 bridgehead atoms. The zero-order chi connectivity index (χ0) is 17.6.